The van der Waals surface area contributed by atoms with Crippen LogP contribution in [0.5, 0.6) is 11.8 Å². The Morgan fingerprint density at radius 3 is 2.82 bits per heavy atom. The van der Waals surface area contributed by atoms with Gasteiger partial charge in [0, 0.05) is 11.8 Å². The van der Waals surface area contributed by atoms with E-state index in [1.54, 1.807) is 24.3 Å². The van der Waals surface area contributed by atoms with E-state index in [0.717, 1.165) is 5.39 Å². The lowest BCUT2D eigenvalue weighted by Crippen LogP contribution is -2.34. The number of aliphatic carboxylic acids is 1. The predicted octanol–water partition coefficient (Wildman–Crippen LogP) is 2.49. The molecular formula is C24H27N6O8P. The molecule has 1 aliphatic rings. The van der Waals surface area contributed by atoms with E-state index in [2.05, 4.69) is 20.0 Å². The minimum Gasteiger partial charge on any atom is -0.480 e. The van der Waals surface area contributed by atoms with E-state index in [9.17, 15) is 19.6 Å². The van der Waals surface area contributed by atoms with Crippen LogP contribution in [0.2, 0.25) is 0 Å². The number of imidazole rings is 1. The van der Waals surface area contributed by atoms with Gasteiger partial charge in [-0.2, -0.15) is 15.1 Å². The topological polar surface area (TPSA) is 193 Å². The van der Waals surface area contributed by atoms with Crippen LogP contribution < -0.4 is 20.1 Å². The largest absolute Gasteiger partial charge is 0.480 e. The highest BCUT2D eigenvalue weighted by Gasteiger charge is 2.39. The zero-order valence-corrected chi connectivity index (χ0v) is 21.9. The first-order chi connectivity index (χ1) is 18.7. The number of methoxy groups -OCH3 is 1. The highest BCUT2D eigenvalue weighted by atomic mass is 31.2. The molecule has 15 heteroatoms. The average molecular weight is 558 g/mol. The molecule has 0 amide bonds. The van der Waals surface area contributed by atoms with Gasteiger partial charge < -0.3 is 29.9 Å². The molecule has 2 unspecified atom stereocenters. The number of hydrogen-bond donors (Lipinski definition) is 4. The number of aliphatic hydroxyl groups is 1. The van der Waals surface area contributed by atoms with Crippen molar-refractivity contribution in [2.75, 3.05) is 19.5 Å². The second-order valence-electron chi connectivity index (χ2n) is 8.92. The van der Waals surface area contributed by atoms with Gasteiger partial charge in [-0.1, -0.05) is 36.4 Å². The molecule has 206 valence electrons. The van der Waals surface area contributed by atoms with Crippen molar-refractivity contribution in [3.63, 3.8) is 0 Å². The average Bonchev–Trinajstić information content (AvgIpc) is 3.50. The number of carbonyl (C=O) groups is 1. The van der Waals surface area contributed by atoms with E-state index >= 15 is 0 Å². The first-order valence-electron chi connectivity index (χ1n) is 12.0. The molecule has 2 aromatic carbocycles. The van der Waals surface area contributed by atoms with Crippen molar-refractivity contribution < 1.29 is 38.1 Å². The van der Waals surface area contributed by atoms with Gasteiger partial charge in [0.1, 0.15) is 17.9 Å². The number of benzene rings is 2. The Hall–Kier alpha value is -3.81. The number of nitrogens with zero attached hydrogens (tertiary/aromatic N) is 4. The molecule has 1 aliphatic heterocycles. The van der Waals surface area contributed by atoms with E-state index in [1.165, 1.54) is 24.9 Å². The Morgan fingerprint density at radius 1 is 1.28 bits per heavy atom. The molecule has 2 aromatic heterocycles. The molecule has 39 heavy (non-hydrogen) atoms. The van der Waals surface area contributed by atoms with E-state index in [-0.39, 0.29) is 30.6 Å². The van der Waals surface area contributed by atoms with Crippen LogP contribution in [0.4, 0.5) is 5.82 Å². The summed E-state index contributed by atoms with van der Waals surface area (Å²) in [5.74, 6) is -0.882. The van der Waals surface area contributed by atoms with Crippen LogP contribution in [0.25, 0.3) is 21.9 Å². The normalized spacial score (nSPS) is 21.6. The van der Waals surface area contributed by atoms with Crippen molar-refractivity contribution in [3.05, 3.63) is 48.8 Å². The van der Waals surface area contributed by atoms with Crippen molar-refractivity contribution in [2.45, 2.75) is 37.8 Å². The fraction of sp³-hybridized carbons (Fsp3) is 0.333. The zero-order chi connectivity index (χ0) is 27.7. The summed E-state index contributed by atoms with van der Waals surface area (Å²) in [6.45, 7) is 1.05. The molecular weight excluding hydrogens is 531 g/mol. The van der Waals surface area contributed by atoms with Gasteiger partial charge in [-0.3, -0.25) is 13.9 Å². The van der Waals surface area contributed by atoms with Crippen molar-refractivity contribution in [1.29, 1.82) is 0 Å². The lowest BCUT2D eigenvalue weighted by molar-refractivity contribution is -0.138. The third-order valence-corrected chi connectivity index (χ3v) is 7.80. The number of nitrogens with two attached hydrogens (primary N) is 1. The van der Waals surface area contributed by atoms with Gasteiger partial charge in [0.2, 0.25) is 0 Å². The smallest absolute Gasteiger partial charge is 0.459 e. The number of nitrogens with one attached hydrogen (secondary N) is 1. The number of nitrogen functional groups attached to an aromatic ring is 1. The highest BCUT2D eigenvalue weighted by Crippen LogP contribution is 2.47. The Morgan fingerprint density at radius 2 is 2.05 bits per heavy atom. The van der Waals surface area contributed by atoms with Crippen molar-refractivity contribution >= 4 is 41.5 Å². The highest BCUT2D eigenvalue weighted by molar-refractivity contribution is 7.52. The predicted molar refractivity (Wildman–Crippen MR) is 139 cm³/mol. The summed E-state index contributed by atoms with van der Waals surface area (Å²) in [4.78, 5) is 24.0. The number of aromatic nitrogens is 4. The van der Waals surface area contributed by atoms with E-state index in [4.69, 9.17) is 24.3 Å². The second kappa shape index (κ2) is 10.8. The summed E-state index contributed by atoms with van der Waals surface area (Å²) >= 11 is 0. The zero-order valence-electron chi connectivity index (χ0n) is 21.0. The number of carboxylic acid groups (broad SMARTS) is 1. The molecule has 3 heterocycles. The van der Waals surface area contributed by atoms with Crippen LogP contribution in [0.15, 0.2) is 48.8 Å². The van der Waals surface area contributed by atoms with Crippen LogP contribution in [0, 0.1) is 0 Å². The van der Waals surface area contributed by atoms with Crippen LogP contribution in [0.1, 0.15) is 19.6 Å². The number of fused-ring (bicyclic) bond motifs is 2. The molecule has 0 aliphatic carbocycles. The summed E-state index contributed by atoms with van der Waals surface area (Å²) in [7, 11) is -2.83. The van der Waals surface area contributed by atoms with Crippen molar-refractivity contribution in [1.82, 2.24) is 24.6 Å². The first-order valence-corrected chi connectivity index (χ1v) is 13.5. The first kappa shape index (κ1) is 26.8. The molecule has 0 saturated carbocycles. The summed E-state index contributed by atoms with van der Waals surface area (Å²) in [6.07, 6.45) is -1.11. The number of aliphatic hydroxyl groups excluding tert-OH is 1. The second-order valence-corrected chi connectivity index (χ2v) is 10.6. The Labute approximate surface area is 222 Å². The minimum atomic E-state index is -4.23. The molecule has 0 bridgehead atoms. The Balaban J connectivity index is 1.35. The number of carboxylic acids is 1. The van der Waals surface area contributed by atoms with Crippen LogP contribution in [0.3, 0.4) is 0 Å². The van der Waals surface area contributed by atoms with Gasteiger partial charge in [-0.25, -0.2) is 9.55 Å². The maximum Gasteiger partial charge on any atom is 0.459 e. The van der Waals surface area contributed by atoms with Gasteiger partial charge in [0.15, 0.2) is 23.2 Å². The molecule has 4 aromatic rings. The number of anilines is 1. The van der Waals surface area contributed by atoms with E-state index < -0.39 is 38.2 Å². The maximum atomic E-state index is 13.8. The lowest BCUT2D eigenvalue weighted by atomic mass is 10.1. The third kappa shape index (κ3) is 5.51. The third-order valence-electron chi connectivity index (χ3n) is 6.17. The van der Waals surface area contributed by atoms with Gasteiger partial charge >= 0.3 is 19.7 Å². The number of ether oxygens (including phenoxy) is 2. The Bertz CT molecular complexity index is 1560. The molecule has 5 atom stereocenters. The van der Waals surface area contributed by atoms with E-state index in [0.29, 0.717) is 16.6 Å². The molecule has 5 N–H and O–H groups in total. The fourth-order valence-corrected chi connectivity index (χ4v) is 5.80. The number of rotatable bonds is 10. The van der Waals surface area contributed by atoms with Crippen molar-refractivity contribution in [3.8, 4) is 11.8 Å². The van der Waals surface area contributed by atoms with E-state index in [1.807, 2.05) is 18.2 Å². The summed E-state index contributed by atoms with van der Waals surface area (Å²) in [5, 5.41) is 24.1. The molecule has 0 radical (unpaired) electrons. The van der Waals surface area contributed by atoms with Crippen molar-refractivity contribution in [2.24, 2.45) is 0 Å². The molecule has 1 fully saturated rings. The van der Waals surface area contributed by atoms with Crippen LogP contribution in [-0.4, -0.2) is 67.7 Å². The molecule has 14 nitrogen and oxygen atoms in total. The molecule has 0 spiro atoms. The fourth-order valence-electron chi connectivity index (χ4n) is 4.25. The molecule has 1 saturated heterocycles. The van der Waals surface area contributed by atoms with Gasteiger partial charge in [0.25, 0.3) is 0 Å². The quantitative estimate of drug-likeness (QED) is 0.208. The summed E-state index contributed by atoms with van der Waals surface area (Å²) in [6, 6.07) is 11.3. The Kier molecular flexibility index (Phi) is 7.38. The minimum absolute atomic E-state index is 0.0271. The monoisotopic (exact) mass is 558 g/mol. The summed E-state index contributed by atoms with van der Waals surface area (Å²) in [5.41, 5.74) is 6.55. The van der Waals surface area contributed by atoms with Gasteiger partial charge in [-0.05, 0) is 18.4 Å². The van der Waals surface area contributed by atoms with Gasteiger partial charge in [0.05, 0.1) is 26.1 Å². The summed E-state index contributed by atoms with van der Waals surface area (Å²) < 4.78 is 37.8. The van der Waals surface area contributed by atoms with Gasteiger partial charge in [-0.15, -0.1) is 0 Å². The van der Waals surface area contributed by atoms with Crippen LogP contribution >= 0.6 is 7.75 Å². The molecule has 5 rings (SSSR count). The standard InChI is InChI=1S/C24H27N6O8P/c1-13(23(32)33)29-39(34,38-18-9-5-7-14-6-3-4-8-16(14)18)36-11-15-10-17(31)22(37-15)30-12-26-19-20(25)27-24(35-2)28-21(19)30/h3-9,12-13,15,17,22,31H,10-11H2,1-2H3,(H,29,34)(H,32,33)(H2,25,27,28)/t13?,15-,17+,22+,39?/m0/s1. The van der Waals surface area contributed by atoms with Crippen LogP contribution in [-0.2, 0) is 18.6 Å². The maximum absolute atomic E-state index is 13.8. The number of hydrogen-bond acceptors (Lipinski definition) is 11. The SMILES string of the molecule is COc1nc(N)c2ncn([C@@H]3O[C@H](COP(=O)(NC(C)C(=O)O)Oc4cccc5ccccc45)C[C@H]3O)c2n1. The lowest BCUT2D eigenvalue weighted by Gasteiger charge is -2.24.